The fraction of sp³-hybridized carbons (Fsp3) is 0. The Kier molecular flexibility index (Phi) is 4.09. The van der Waals surface area contributed by atoms with Crippen molar-refractivity contribution in [1.82, 2.24) is 19.4 Å². The molecule has 0 saturated carbocycles. The number of aromatic nitrogens is 4. The number of rotatable bonds is 4. The molecule has 0 aliphatic carbocycles. The first-order valence-corrected chi connectivity index (χ1v) is 9.80. The van der Waals surface area contributed by atoms with E-state index in [-0.39, 0.29) is 4.21 Å². The second-order valence-corrected chi connectivity index (χ2v) is 8.25. The third-order valence-electron chi connectivity index (χ3n) is 3.69. The maximum absolute atomic E-state index is 13.3. The van der Waals surface area contributed by atoms with Gasteiger partial charge in [-0.3, -0.25) is 4.98 Å². The average molecular weight is 386 g/mol. The Morgan fingerprint density at radius 1 is 0.962 bits per heavy atom. The highest BCUT2D eigenvalue weighted by atomic mass is 32.2. The molecule has 0 fully saturated rings. The van der Waals surface area contributed by atoms with Crippen LogP contribution in [0.1, 0.15) is 0 Å². The van der Waals surface area contributed by atoms with Gasteiger partial charge in [-0.15, -0.1) is 20.5 Å². The van der Waals surface area contributed by atoms with Crippen molar-refractivity contribution in [2.45, 2.75) is 4.21 Å². The van der Waals surface area contributed by atoms with Gasteiger partial charge in [0.25, 0.3) is 10.0 Å². The molecule has 0 radical (unpaired) electrons. The number of thiophene rings is 1. The Morgan fingerprint density at radius 3 is 2.35 bits per heavy atom. The van der Waals surface area contributed by atoms with Crippen molar-refractivity contribution in [3.63, 3.8) is 0 Å². The topological polar surface area (TPSA) is 77.7 Å². The smallest absolute Gasteiger partial charge is 0.265 e. The molecule has 4 rings (SSSR count). The lowest BCUT2D eigenvalue weighted by Gasteiger charge is -2.08. The van der Waals surface area contributed by atoms with Crippen molar-refractivity contribution in [2.24, 2.45) is 0 Å². The van der Waals surface area contributed by atoms with Crippen molar-refractivity contribution < 1.29 is 12.8 Å². The molecule has 0 spiro atoms. The number of halogens is 1. The molecular formula is C17H11FN4O2S2. The molecule has 3 aromatic heterocycles. The molecule has 0 N–H and O–H groups in total. The van der Waals surface area contributed by atoms with Gasteiger partial charge in [-0.1, -0.05) is 11.3 Å². The second kappa shape index (κ2) is 6.43. The van der Waals surface area contributed by atoms with Crippen molar-refractivity contribution in [2.75, 3.05) is 0 Å². The number of benzene rings is 1. The van der Waals surface area contributed by atoms with Crippen LogP contribution >= 0.6 is 11.3 Å². The molecule has 0 unspecified atom stereocenters. The third-order valence-corrected chi connectivity index (χ3v) is 6.63. The predicted molar refractivity (Wildman–Crippen MR) is 95.5 cm³/mol. The van der Waals surface area contributed by atoms with Crippen molar-refractivity contribution in [3.05, 3.63) is 72.1 Å². The summed E-state index contributed by atoms with van der Waals surface area (Å²) >= 11 is 1.10. The van der Waals surface area contributed by atoms with Crippen LogP contribution in [0.3, 0.4) is 0 Å². The molecular weight excluding hydrogens is 375 g/mol. The van der Waals surface area contributed by atoms with E-state index in [1.807, 2.05) is 0 Å². The molecule has 9 heteroatoms. The van der Waals surface area contributed by atoms with Gasteiger partial charge < -0.3 is 0 Å². The highest BCUT2D eigenvalue weighted by Crippen LogP contribution is 2.33. The SMILES string of the molecule is O=S(=O)(c1cccs1)n1nnc(-c2ccc(F)cc2)c1-c1ccncc1. The van der Waals surface area contributed by atoms with Crippen LogP contribution < -0.4 is 0 Å². The zero-order valence-corrected chi connectivity index (χ0v) is 14.8. The molecule has 1 aromatic carbocycles. The maximum Gasteiger partial charge on any atom is 0.294 e. The van der Waals surface area contributed by atoms with Gasteiger partial charge >= 0.3 is 0 Å². The van der Waals surface area contributed by atoms with E-state index in [0.717, 1.165) is 15.4 Å². The Labute approximate surface area is 152 Å². The van der Waals surface area contributed by atoms with E-state index in [1.165, 1.54) is 30.3 Å². The van der Waals surface area contributed by atoms with E-state index in [9.17, 15) is 12.8 Å². The fourth-order valence-electron chi connectivity index (χ4n) is 2.49. The van der Waals surface area contributed by atoms with Crippen molar-refractivity contribution >= 4 is 21.4 Å². The highest BCUT2D eigenvalue weighted by molar-refractivity contribution is 7.92. The zero-order valence-electron chi connectivity index (χ0n) is 13.2. The highest BCUT2D eigenvalue weighted by Gasteiger charge is 2.27. The minimum absolute atomic E-state index is 0.156. The minimum Gasteiger partial charge on any atom is -0.265 e. The summed E-state index contributed by atoms with van der Waals surface area (Å²) < 4.78 is 40.3. The summed E-state index contributed by atoms with van der Waals surface area (Å²) in [6, 6.07) is 12.2. The van der Waals surface area contributed by atoms with E-state index in [4.69, 9.17) is 0 Å². The Balaban J connectivity index is 1.98. The number of pyridine rings is 1. The molecule has 0 aliphatic rings. The van der Waals surface area contributed by atoms with Crippen molar-refractivity contribution in [3.8, 4) is 22.5 Å². The van der Waals surface area contributed by atoms with Gasteiger partial charge in [0.1, 0.15) is 21.4 Å². The molecule has 6 nitrogen and oxygen atoms in total. The van der Waals surface area contributed by atoms with E-state index < -0.39 is 15.8 Å². The number of nitrogens with zero attached hydrogens (tertiary/aromatic N) is 4. The van der Waals surface area contributed by atoms with Gasteiger partial charge in [-0.05, 0) is 47.8 Å². The first kappa shape index (κ1) is 16.6. The summed E-state index contributed by atoms with van der Waals surface area (Å²) in [6.45, 7) is 0. The van der Waals surface area contributed by atoms with E-state index >= 15 is 0 Å². The first-order chi connectivity index (χ1) is 12.6. The third kappa shape index (κ3) is 2.80. The largest absolute Gasteiger partial charge is 0.294 e. The van der Waals surface area contributed by atoms with Crippen LogP contribution in [0.5, 0.6) is 0 Å². The van der Waals surface area contributed by atoms with Gasteiger partial charge in [-0.2, -0.15) is 8.42 Å². The summed E-state index contributed by atoms with van der Waals surface area (Å²) in [5, 5.41) is 9.63. The monoisotopic (exact) mass is 386 g/mol. The Bertz CT molecular complexity index is 1140. The van der Waals surface area contributed by atoms with Gasteiger partial charge in [0.15, 0.2) is 0 Å². The fourth-order valence-corrected chi connectivity index (χ4v) is 4.79. The van der Waals surface area contributed by atoms with Gasteiger partial charge in [0.2, 0.25) is 0 Å². The first-order valence-electron chi connectivity index (χ1n) is 7.48. The summed E-state index contributed by atoms with van der Waals surface area (Å²) in [5.74, 6) is -0.391. The molecule has 0 aliphatic heterocycles. The van der Waals surface area contributed by atoms with Crippen LogP contribution in [0.4, 0.5) is 4.39 Å². The van der Waals surface area contributed by atoms with Crippen LogP contribution in [-0.4, -0.2) is 27.8 Å². The van der Waals surface area contributed by atoms with Crippen molar-refractivity contribution in [1.29, 1.82) is 0 Å². The van der Waals surface area contributed by atoms with Crippen LogP contribution in [-0.2, 0) is 10.0 Å². The molecule has 0 bridgehead atoms. The van der Waals surface area contributed by atoms with Gasteiger partial charge in [0.05, 0.1) is 0 Å². The van der Waals surface area contributed by atoms with E-state index in [1.54, 1.807) is 36.0 Å². The van der Waals surface area contributed by atoms with Crippen LogP contribution in [0.25, 0.3) is 22.5 Å². The quantitative estimate of drug-likeness (QED) is 0.537. The summed E-state index contributed by atoms with van der Waals surface area (Å²) in [5.41, 5.74) is 1.79. The van der Waals surface area contributed by atoms with Crippen LogP contribution in [0, 0.1) is 5.82 Å². The lowest BCUT2D eigenvalue weighted by molar-refractivity contribution is 0.580. The summed E-state index contributed by atoms with van der Waals surface area (Å²) in [7, 11) is -3.90. The molecule has 4 aromatic rings. The zero-order chi connectivity index (χ0) is 18.1. The van der Waals surface area contributed by atoms with Crippen LogP contribution in [0.2, 0.25) is 0 Å². The maximum atomic E-state index is 13.3. The van der Waals surface area contributed by atoms with Gasteiger partial charge in [0, 0.05) is 23.5 Å². The standard InChI is InChI=1S/C17H11FN4O2S2/c18-14-5-3-12(4-6-14)16-17(13-7-9-19-10-8-13)22(21-20-16)26(23,24)15-2-1-11-25-15/h1-11H. The Hall–Kier alpha value is -2.91. The van der Waals surface area contributed by atoms with E-state index in [2.05, 4.69) is 15.3 Å². The van der Waals surface area contributed by atoms with Crippen LogP contribution in [0.15, 0.2) is 70.5 Å². The molecule has 0 amide bonds. The molecule has 0 atom stereocenters. The number of hydrogen-bond acceptors (Lipinski definition) is 6. The second-order valence-electron chi connectivity index (χ2n) is 5.31. The molecule has 130 valence electrons. The lowest BCUT2D eigenvalue weighted by atomic mass is 10.1. The van der Waals surface area contributed by atoms with Gasteiger partial charge in [-0.25, -0.2) is 4.39 Å². The summed E-state index contributed by atoms with van der Waals surface area (Å²) in [4.78, 5) is 3.96. The summed E-state index contributed by atoms with van der Waals surface area (Å²) in [6.07, 6.45) is 3.11. The molecule has 26 heavy (non-hydrogen) atoms. The predicted octanol–water partition coefficient (Wildman–Crippen LogP) is 3.44. The normalized spacial score (nSPS) is 11.6. The average Bonchev–Trinajstić information content (AvgIpc) is 3.34. The molecule has 0 saturated heterocycles. The minimum atomic E-state index is -3.90. The lowest BCUT2D eigenvalue weighted by Crippen LogP contribution is -2.15. The number of hydrogen-bond donors (Lipinski definition) is 0. The Morgan fingerprint density at radius 2 is 1.69 bits per heavy atom. The van der Waals surface area contributed by atoms with E-state index in [0.29, 0.717) is 22.5 Å². The molecule has 3 heterocycles.